The van der Waals surface area contributed by atoms with E-state index in [1.165, 1.54) is 36.3 Å². The third-order valence-corrected chi connectivity index (χ3v) is 7.54. The van der Waals surface area contributed by atoms with Crippen LogP contribution in [0.4, 0.5) is 10.1 Å². The van der Waals surface area contributed by atoms with Gasteiger partial charge in [-0.2, -0.15) is 0 Å². The fourth-order valence-corrected chi connectivity index (χ4v) is 5.91. The fourth-order valence-electron chi connectivity index (χ4n) is 4.46. The van der Waals surface area contributed by atoms with Crippen molar-refractivity contribution in [1.82, 2.24) is 9.97 Å². The molecule has 1 aromatic heterocycles. The molecule has 1 saturated carbocycles. The number of nitrogens with zero attached hydrogens (tertiary/aromatic N) is 3. The van der Waals surface area contributed by atoms with Crippen molar-refractivity contribution in [2.24, 2.45) is 16.6 Å². The number of nitrogens with two attached hydrogens (primary N) is 1. The van der Waals surface area contributed by atoms with Gasteiger partial charge in [-0.1, -0.05) is 11.8 Å². The number of nitrogens with one attached hydrogen (secondary N) is 1. The van der Waals surface area contributed by atoms with Crippen LogP contribution in [-0.2, 0) is 15.0 Å². The van der Waals surface area contributed by atoms with Gasteiger partial charge in [-0.05, 0) is 31.5 Å². The minimum absolute atomic E-state index is 0.0399. The Labute approximate surface area is 194 Å². The minimum Gasteiger partial charge on any atom is -0.468 e. The SMILES string of the molecule is COC[C@]12CC1[C@@](C)(c1cc(NC(=O)c3cnc(OC4COC4)cn3)ccc1F)N=C(N)S2. The van der Waals surface area contributed by atoms with E-state index in [1.54, 1.807) is 13.2 Å². The molecule has 33 heavy (non-hydrogen) atoms. The second-order valence-corrected chi connectivity index (χ2v) is 10.1. The van der Waals surface area contributed by atoms with Crippen LogP contribution >= 0.6 is 11.8 Å². The second kappa shape index (κ2) is 8.23. The average Bonchev–Trinajstić information content (AvgIpc) is 3.47. The van der Waals surface area contributed by atoms with Gasteiger partial charge >= 0.3 is 0 Å². The van der Waals surface area contributed by atoms with Crippen LogP contribution in [0.3, 0.4) is 0 Å². The van der Waals surface area contributed by atoms with E-state index in [4.69, 9.17) is 19.9 Å². The zero-order chi connectivity index (χ0) is 23.2. The van der Waals surface area contributed by atoms with Crippen molar-refractivity contribution in [2.45, 2.75) is 29.7 Å². The van der Waals surface area contributed by atoms with Crippen LogP contribution in [0, 0.1) is 11.7 Å². The van der Waals surface area contributed by atoms with Crippen LogP contribution in [-0.4, -0.2) is 58.8 Å². The number of carbonyl (C=O) groups excluding carboxylic acids is 1. The van der Waals surface area contributed by atoms with Crippen LogP contribution in [0.15, 0.2) is 35.6 Å². The maximum absolute atomic E-state index is 15.0. The first-order valence-corrected chi connectivity index (χ1v) is 11.4. The molecular weight excluding hydrogens is 449 g/mol. The fraction of sp³-hybridized carbons (Fsp3) is 0.455. The molecule has 1 aromatic carbocycles. The zero-order valence-electron chi connectivity index (χ0n) is 18.2. The van der Waals surface area contributed by atoms with E-state index in [1.807, 2.05) is 6.92 Å². The predicted octanol–water partition coefficient (Wildman–Crippen LogP) is 2.33. The number of hydrogen-bond acceptors (Lipinski definition) is 9. The van der Waals surface area contributed by atoms with Crippen molar-refractivity contribution in [3.63, 3.8) is 0 Å². The van der Waals surface area contributed by atoms with Gasteiger partial charge in [0, 0.05) is 24.3 Å². The van der Waals surface area contributed by atoms with Crippen LogP contribution < -0.4 is 15.8 Å². The summed E-state index contributed by atoms with van der Waals surface area (Å²) in [4.78, 5) is 25.6. The number of methoxy groups -OCH3 is 1. The quantitative estimate of drug-likeness (QED) is 0.629. The number of thioether (sulfide) groups is 1. The molecule has 3 atom stereocenters. The third kappa shape index (κ3) is 4.04. The molecule has 2 fully saturated rings. The Bertz CT molecular complexity index is 1110. The highest BCUT2D eigenvalue weighted by Gasteiger charge is 2.66. The summed E-state index contributed by atoms with van der Waals surface area (Å²) in [6.45, 7) is 3.41. The number of amides is 1. The van der Waals surface area contributed by atoms with Crippen molar-refractivity contribution >= 4 is 28.5 Å². The van der Waals surface area contributed by atoms with Crippen molar-refractivity contribution in [1.29, 1.82) is 0 Å². The highest BCUT2D eigenvalue weighted by molar-refractivity contribution is 8.15. The number of amidine groups is 1. The minimum atomic E-state index is -0.858. The summed E-state index contributed by atoms with van der Waals surface area (Å²) in [6, 6.07) is 4.44. The van der Waals surface area contributed by atoms with Crippen molar-refractivity contribution < 1.29 is 23.4 Å². The van der Waals surface area contributed by atoms with Gasteiger partial charge in [-0.25, -0.2) is 14.4 Å². The molecule has 174 valence electrons. The molecule has 0 radical (unpaired) electrons. The summed E-state index contributed by atoms with van der Waals surface area (Å²) < 4.78 is 30.8. The molecule has 9 nitrogen and oxygen atoms in total. The molecule has 1 aliphatic carbocycles. The largest absolute Gasteiger partial charge is 0.468 e. The number of fused-ring (bicyclic) bond motifs is 1. The Morgan fingerprint density at radius 3 is 2.85 bits per heavy atom. The standard InChI is InChI=1S/C22H24FN5O4S/c1-21(17-6-22(17,11-30-2)33-20(24)28-21)14-5-12(3-4-15(14)23)27-19(29)16-7-26-18(8-25-16)32-13-9-31-10-13/h3-5,7-8,13,17H,6,9-11H2,1-2H3,(H2,24,28)(H,27,29)/t17?,21-,22-/m1/s1. The Morgan fingerprint density at radius 1 is 1.36 bits per heavy atom. The lowest BCUT2D eigenvalue weighted by Crippen LogP contribution is -2.38. The van der Waals surface area contributed by atoms with Crippen molar-refractivity contribution in [2.75, 3.05) is 32.2 Å². The number of hydrogen-bond donors (Lipinski definition) is 2. The van der Waals surface area contributed by atoms with Crippen LogP contribution in [0.2, 0.25) is 0 Å². The molecule has 2 aliphatic heterocycles. The molecule has 5 rings (SSSR count). The number of halogens is 1. The van der Waals surface area contributed by atoms with E-state index in [0.29, 0.717) is 42.1 Å². The second-order valence-electron chi connectivity index (χ2n) is 8.62. The van der Waals surface area contributed by atoms with Gasteiger partial charge in [0.2, 0.25) is 5.88 Å². The van der Waals surface area contributed by atoms with Gasteiger partial charge in [0.05, 0.1) is 42.5 Å². The number of carbonyl (C=O) groups is 1. The summed E-state index contributed by atoms with van der Waals surface area (Å²) in [5.41, 5.74) is 6.17. The molecule has 3 N–H and O–H groups in total. The molecule has 0 spiro atoms. The maximum atomic E-state index is 15.0. The lowest BCUT2D eigenvalue weighted by atomic mass is 9.85. The molecule has 1 amide bonds. The first kappa shape index (κ1) is 22.1. The number of rotatable bonds is 7. The highest BCUT2D eigenvalue weighted by Crippen LogP contribution is 2.66. The Kier molecular flexibility index (Phi) is 5.50. The van der Waals surface area contributed by atoms with E-state index in [0.717, 1.165) is 6.42 Å². The lowest BCUT2D eigenvalue weighted by molar-refractivity contribution is -0.0814. The Hall–Kier alpha value is -2.76. The van der Waals surface area contributed by atoms with Crippen LogP contribution in [0.5, 0.6) is 5.88 Å². The third-order valence-electron chi connectivity index (χ3n) is 6.27. The summed E-state index contributed by atoms with van der Waals surface area (Å²) in [5, 5.41) is 3.17. The van der Waals surface area contributed by atoms with Gasteiger partial charge in [0.25, 0.3) is 5.91 Å². The molecule has 1 saturated heterocycles. The number of aliphatic imine (C=N–C) groups is 1. The lowest BCUT2D eigenvalue weighted by Gasteiger charge is -2.34. The van der Waals surface area contributed by atoms with E-state index in [2.05, 4.69) is 20.3 Å². The summed E-state index contributed by atoms with van der Waals surface area (Å²) in [5.74, 6) is -0.474. The monoisotopic (exact) mass is 473 g/mol. The predicted molar refractivity (Wildman–Crippen MR) is 121 cm³/mol. The highest BCUT2D eigenvalue weighted by atomic mass is 32.2. The summed E-state index contributed by atoms with van der Waals surface area (Å²) in [6.07, 6.45) is 3.51. The van der Waals surface area contributed by atoms with Gasteiger partial charge < -0.3 is 25.3 Å². The molecule has 0 bridgehead atoms. The van der Waals surface area contributed by atoms with Crippen molar-refractivity contribution in [3.8, 4) is 5.88 Å². The number of ether oxygens (including phenoxy) is 3. The molecule has 1 unspecified atom stereocenters. The molecule has 2 aromatic rings. The van der Waals surface area contributed by atoms with Crippen molar-refractivity contribution in [3.05, 3.63) is 47.7 Å². The molecule has 3 heterocycles. The van der Waals surface area contributed by atoms with E-state index in [9.17, 15) is 9.18 Å². The van der Waals surface area contributed by atoms with Crippen LogP contribution in [0.25, 0.3) is 0 Å². The van der Waals surface area contributed by atoms with E-state index >= 15 is 0 Å². The summed E-state index contributed by atoms with van der Waals surface area (Å²) in [7, 11) is 1.64. The topological polar surface area (TPSA) is 121 Å². The maximum Gasteiger partial charge on any atom is 0.275 e. The normalized spacial score (nSPS) is 28.3. The van der Waals surface area contributed by atoms with Gasteiger partial charge in [0.1, 0.15) is 17.6 Å². The smallest absolute Gasteiger partial charge is 0.275 e. The summed E-state index contributed by atoms with van der Waals surface area (Å²) >= 11 is 1.49. The Morgan fingerprint density at radius 2 is 2.18 bits per heavy atom. The molecule has 3 aliphatic rings. The number of aromatic nitrogens is 2. The molecular formula is C22H24FN5O4S. The first-order chi connectivity index (χ1) is 15.8. The van der Waals surface area contributed by atoms with E-state index < -0.39 is 17.3 Å². The first-order valence-electron chi connectivity index (χ1n) is 10.5. The average molecular weight is 474 g/mol. The van der Waals surface area contributed by atoms with Gasteiger partial charge in [0.15, 0.2) is 5.17 Å². The van der Waals surface area contributed by atoms with Gasteiger partial charge in [-0.15, -0.1) is 0 Å². The van der Waals surface area contributed by atoms with E-state index in [-0.39, 0.29) is 22.5 Å². The number of benzene rings is 1. The molecule has 11 heteroatoms. The number of anilines is 1. The Balaban J connectivity index is 1.35. The zero-order valence-corrected chi connectivity index (χ0v) is 19.0. The van der Waals surface area contributed by atoms with Crippen LogP contribution in [0.1, 0.15) is 29.4 Å². The van der Waals surface area contributed by atoms with Gasteiger partial charge in [-0.3, -0.25) is 9.79 Å².